The summed E-state index contributed by atoms with van der Waals surface area (Å²) < 4.78 is 3.59. The number of thiophene rings is 1. The molecule has 1 heterocycles. The monoisotopic (exact) mass is 513 g/mol. The van der Waals surface area contributed by atoms with Crippen molar-refractivity contribution in [2.45, 2.75) is 19.4 Å². The summed E-state index contributed by atoms with van der Waals surface area (Å²) in [6.07, 6.45) is 1.12. The van der Waals surface area contributed by atoms with Crippen LogP contribution in [-0.2, 0) is 0 Å². The summed E-state index contributed by atoms with van der Waals surface area (Å²) >= 11 is 11.4. The summed E-state index contributed by atoms with van der Waals surface area (Å²) in [6.45, 7) is 3.20. The molecule has 5 heteroatoms. The Balaban J connectivity index is 2.42. The SMILES string of the molecule is CCCNC(c1cscc1Br)c1cc(I)ccc1Br. The summed E-state index contributed by atoms with van der Waals surface area (Å²) in [6, 6.07) is 6.71. The second-order valence-electron chi connectivity index (χ2n) is 4.23. The minimum atomic E-state index is 0.227. The molecule has 0 aliphatic rings. The van der Waals surface area contributed by atoms with Gasteiger partial charge in [0.15, 0.2) is 0 Å². The molecule has 2 aromatic rings. The van der Waals surface area contributed by atoms with Crippen LogP contribution in [-0.4, -0.2) is 6.54 Å². The zero-order valence-corrected chi connectivity index (χ0v) is 16.6. The molecule has 0 radical (unpaired) electrons. The molecule has 1 aromatic heterocycles. The molecule has 102 valence electrons. The molecule has 1 aromatic carbocycles. The molecule has 0 aliphatic carbocycles. The van der Waals surface area contributed by atoms with Gasteiger partial charge in [-0.2, -0.15) is 11.3 Å². The van der Waals surface area contributed by atoms with E-state index in [9.17, 15) is 0 Å². The first-order valence-corrected chi connectivity index (χ1v) is 9.64. The van der Waals surface area contributed by atoms with Crippen LogP contribution in [0.1, 0.15) is 30.5 Å². The third kappa shape index (κ3) is 4.03. The van der Waals surface area contributed by atoms with E-state index in [-0.39, 0.29) is 6.04 Å². The number of hydrogen-bond donors (Lipinski definition) is 1. The zero-order valence-electron chi connectivity index (χ0n) is 10.4. The van der Waals surface area contributed by atoms with Crippen LogP contribution in [0, 0.1) is 3.57 Å². The summed E-state index contributed by atoms with van der Waals surface area (Å²) in [5, 5.41) is 7.99. The lowest BCUT2D eigenvalue weighted by Gasteiger charge is -2.20. The van der Waals surface area contributed by atoms with Gasteiger partial charge in [-0.3, -0.25) is 0 Å². The van der Waals surface area contributed by atoms with Crippen molar-refractivity contribution in [3.8, 4) is 0 Å². The van der Waals surface area contributed by atoms with Crippen LogP contribution >= 0.6 is 65.8 Å². The molecule has 0 aliphatic heterocycles. The molecule has 0 bridgehead atoms. The summed E-state index contributed by atoms with van der Waals surface area (Å²) in [7, 11) is 0. The lowest BCUT2D eigenvalue weighted by molar-refractivity contribution is 0.596. The molecule has 2 rings (SSSR count). The maximum atomic E-state index is 3.68. The Labute approximate surface area is 148 Å². The van der Waals surface area contributed by atoms with Gasteiger partial charge in [-0.05, 0) is 86.2 Å². The van der Waals surface area contributed by atoms with E-state index in [4.69, 9.17) is 0 Å². The van der Waals surface area contributed by atoms with Crippen LogP contribution in [0.25, 0.3) is 0 Å². The zero-order chi connectivity index (χ0) is 13.8. The molecular formula is C14H14Br2INS. The number of rotatable bonds is 5. The van der Waals surface area contributed by atoms with Crippen LogP contribution in [0.2, 0.25) is 0 Å². The molecule has 0 saturated carbocycles. The van der Waals surface area contributed by atoms with Crippen LogP contribution in [0.4, 0.5) is 0 Å². The lowest BCUT2D eigenvalue weighted by atomic mass is 10.0. The number of halogens is 3. The predicted octanol–water partition coefficient (Wildman–Crippen LogP) is 5.97. The molecule has 1 nitrogen and oxygen atoms in total. The Morgan fingerprint density at radius 1 is 1.21 bits per heavy atom. The first kappa shape index (κ1) is 15.9. The summed E-state index contributed by atoms with van der Waals surface area (Å²) in [5.74, 6) is 0. The van der Waals surface area contributed by atoms with Gasteiger partial charge in [0.1, 0.15) is 0 Å². The highest BCUT2D eigenvalue weighted by molar-refractivity contribution is 14.1. The van der Waals surface area contributed by atoms with Crippen molar-refractivity contribution >= 4 is 65.8 Å². The Kier molecular flexibility index (Phi) is 6.33. The third-order valence-electron chi connectivity index (χ3n) is 2.82. The predicted molar refractivity (Wildman–Crippen MR) is 99.0 cm³/mol. The van der Waals surface area contributed by atoms with Gasteiger partial charge >= 0.3 is 0 Å². The average Bonchev–Trinajstić information content (AvgIpc) is 2.80. The van der Waals surface area contributed by atoms with E-state index in [1.54, 1.807) is 11.3 Å². The largest absolute Gasteiger partial charge is 0.306 e. The minimum absolute atomic E-state index is 0.227. The van der Waals surface area contributed by atoms with E-state index in [0.717, 1.165) is 17.4 Å². The normalized spacial score (nSPS) is 12.6. The topological polar surface area (TPSA) is 12.0 Å². The van der Waals surface area contributed by atoms with Crippen LogP contribution in [0.5, 0.6) is 0 Å². The molecule has 0 fully saturated rings. The van der Waals surface area contributed by atoms with Crippen molar-refractivity contribution in [1.29, 1.82) is 0 Å². The fraction of sp³-hybridized carbons (Fsp3) is 0.286. The Bertz CT molecular complexity index is 556. The first-order chi connectivity index (χ1) is 9.13. The molecule has 1 N–H and O–H groups in total. The van der Waals surface area contributed by atoms with Crippen molar-refractivity contribution in [1.82, 2.24) is 5.32 Å². The Morgan fingerprint density at radius 3 is 2.63 bits per heavy atom. The Morgan fingerprint density at radius 2 is 2.00 bits per heavy atom. The molecular weight excluding hydrogens is 501 g/mol. The van der Waals surface area contributed by atoms with Crippen molar-refractivity contribution in [3.63, 3.8) is 0 Å². The molecule has 0 saturated heterocycles. The van der Waals surface area contributed by atoms with Gasteiger partial charge in [-0.1, -0.05) is 22.9 Å². The van der Waals surface area contributed by atoms with Gasteiger partial charge in [0.2, 0.25) is 0 Å². The van der Waals surface area contributed by atoms with Crippen LogP contribution < -0.4 is 5.32 Å². The number of nitrogens with one attached hydrogen (secondary N) is 1. The van der Waals surface area contributed by atoms with E-state index in [1.807, 2.05) is 0 Å². The van der Waals surface area contributed by atoms with Crippen molar-refractivity contribution in [2.24, 2.45) is 0 Å². The Hall–Kier alpha value is 0.570. The van der Waals surface area contributed by atoms with Gasteiger partial charge < -0.3 is 5.32 Å². The average molecular weight is 515 g/mol. The maximum absolute atomic E-state index is 3.68. The molecule has 0 spiro atoms. The highest BCUT2D eigenvalue weighted by Crippen LogP contribution is 2.35. The third-order valence-corrected chi connectivity index (χ3v) is 5.97. The number of benzene rings is 1. The standard InChI is InChI=1S/C14H14Br2INS/c1-2-5-18-14(11-7-19-8-13(11)16)10-6-9(17)3-4-12(10)15/h3-4,6-8,14,18H,2,5H2,1H3. The highest BCUT2D eigenvalue weighted by atomic mass is 127. The van der Waals surface area contributed by atoms with Gasteiger partial charge in [0.25, 0.3) is 0 Å². The van der Waals surface area contributed by atoms with Crippen LogP contribution in [0.15, 0.2) is 37.9 Å². The molecule has 0 amide bonds. The van der Waals surface area contributed by atoms with Crippen molar-refractivity contribution in [3.05, 3.63) is 52.6 Å². The molecule has 19 heavy (non-hydrogen) atoms. The van der Waals surface area contributed by atoms with Crippen LogP contribution in [0.3, 0.4) is 0 Å². The van der Waals surface area contributed by atoms with Crippen molar-refractivity contribution < 1.29 is 0 Å². The van der Waals surface area contributed by atoms with Gasteiger partial charge in [-0.25, -0.2) is 0 Å². The van der Waals surface area contributed by atoms with Gasteiger partial charge in [-0.15, -0.1) is 0 Å². The number of hydrogen-bond acceptors (Lipinski definition) is 2. The fourth-order valence-corrected chi connectivity index (χ4v) is 4.45. The second-order valence-corrected chi connectivity index (χ2v) is 7.93. The maximum Gasteiger partial charge on any atom is 0.0607 e. The van der Waals surface area contributed by atoms with E-state index in [0.29, 0.717) is 0 Å². The van der Waals surface area contributed by atoms with Gasteiger partial charge in [0.05, 0.1) is 6.04 Å². The smallest absolute Gasteiger partial charge is 0.0607 e. The second kappa shape index (κ2) is 7.54. The molecule has 1 unspecified atom stereocenters. The minimum Gasteiger partial charge on any atom is -0.306 e. The first-order valence-electron chi connectivity index (χ1n) is 6.03. The van der Waals surface area contributed by atoms with Crippen molar-refractivity contribution in [2.75, 3.05) is 6.54 Å². The van der Waals surface area contributed by atoms with E-state index >= 15 is 0 Å². The quantitative estimate of drug-likeness (QED) is 0.485. The van der Waals surface area contributed by atoms with E-state index in [1.165, 1.54) is 19.2 Å². The lowest BCUT2D eigenvalue weighted by Crippen LogP contribution is -2.23. The summed E-state index contributed by atoms with van der Waals surface area (Å²) in [4.78, 5) is 0. The highest BCUT2D eigenvalue weighted by Gasteiger charge is 2.19. The van der Waals surface area contributed by atoms with E-state index < -0.39 is 0 Å². The van der Waals surface area contributed by atoms with Gasteiger partial charge in [0, 0.05) is 17.9 Å². The summed E-state index contributed by atoms with van der Waals surface area (Å²) in [5.41, 5.74) is 2.60. The van der Waals surface area contributed by atoms with E-state index in [2.05, 4.69) is 95.7 Å². The molecule has 1 atom stereocenters. The fourth-order valence-electron chi connectivity index (χ4n) is 1.91.